The van der Waals surface area contributed by atoms with Gasteiger partial charge < -0.3 is 11.1 Å². The highest BCUT2D eigenvalue weighted by Crippen LogP contribution is 2.12. The fourth-order valence-corrected chi connectivity index (χ4v) is 2.25. The minimum absolute atomic E-state index is 0.0274. The molecule has 0 radical (unpaired) electrons. The zero-order valence-electron chi connectivity index (χ0n) is 11.5. The normalized spacial score (nSPS) is 12.7. The van der Waals surface area contributed by atoms with E-state index >= 15 is 0 Å². The lowest BCUT2D eigenvalue weighted by Crippen LogP contribution is -2.41. The molecule has 116 valence electrons. The molecular formula is C12H17N3O5S. The van der Waals surface area contributed by atoms with Crippen LogP contribution in [0.25, 0.3) is 0 Å². The van der Waals surface area contributed by atoms with Crippen LogP contribution in [0.1, 0.15) is 12.0 Å². The van der Waals surface area contributed by atoms with Crippen LogP contribution in [0.2, 0.25) is 0 Å². The molecule has 0 aliphatic heterocycles. The number of nitro benzene ring substituents is 1. The first-order chi connectivity index (χ1) is 9.69. The summed E-state index contributed by atoms with van der Waals surface area (Å²) in [5, 5.41) is 13.1. The van der Waals surface area contributed by atoms with Crippen molar-refractivity contribution in [3.05, 3.63) is 39.9 Å². The molecule has 3 N–H and O–H groups in total. The smallest absolute Gasteiger partial charge is 0.269 e. The molecule has 1 amide bonds. The molecule has 0 aliphatic rings. The number of nitrogens with one attached hydrogen (secondary N) is 1. The molecule has 1 aromatic carbocycles. The third-order valence-corrected chi connectivity index (χ3v) is 3.70. The van der Waals surface area contributed by atoms with E-state index in [1.54, 1.807) is 6.07 Å². The number of nitro groups is 1. The summed E-state index contributed by atoms with van der Waals surface area (Å²) in [6.45, 7) is 0.0904. The number of hydrogen-bond acceptors (Lipinski definition) is 6. The maximum atomic E-state index is 11.7. The van der Waals surface area contributed by atoms with Gasteiger partial charge >= 0.3 is 0 Å². The molecule has 0 bridgehead atoms. The summed E-state index contributed by atoms with van der Waals surface area (Å²) in [6, 6.07) is 4.92. The fraction of sp³-hybridized carbons (Fsp3) is 0.417. The van der Waals surface area contributed by atoms with Crippen LogP contribution in [0.5, 0.6) is 0 Å². The van der Waals surface area contributed by atoms with Gasteiger partial charge in [-0.2, -0.15) is 0 Å². The first kappa shape index (κ1) is 17.1. The van der Waals surface area contributed by atoms with Crippen LogP contribution in [-0.2, 0) is 21.2 Å². The molecule has 9 heteroatoms. The van der Waals surface area contributed by atoms with Crippen molar-refractivity contribution >= 4 is 21.4 Å². The van der Waals surface area contributed by atoms with Crippen LogP contribution in [0.4, 0.5) is 5.69 Å². The third-order valence-electron chi connectivity index (χ3n) is 2.72. The minimum Gasteiger partial charge on any atom is -0.351 e. The molecule has 0 saturated heterocycles. The molecule has 1 aromatic rings. The maximum absolute atomic E-state index is 11.7. The average Bonchev–Trinajstić information content (AvgIpc) is 2.41. The predicted molar refractivity (Wildman–Crippen MR) is 77.2 cm³/mol. The van der Waals surface area contributed by atoms with Gasteiger partial charge in [-0.05, 0) is 12.0 Å². The summed E-state index contributed by atoms with van der Waals surface area (Å²) in [7, 11) is -3.17. The SMILES string of the molecule is CS(=O)(=O)CCC(N)C(=O)NCc1cccc([N+](=O)[O-])c1. The van der Waals surface area contributed by atoms with Crippen LogP contribution in [0, 0.1) is 10.1 Å². The van der Waals surface area contributed by atoms with E-state index in [2.05, 4.69) is 5.32 Å². The second kappa shape index (κ2) is 7.14. The van der Waals surface area contributed by atoms with Crippen molar-refractivity contribution in [2.75, 3.05) is 12.0 Å². The molecule has 0 aromatic heterocycles. The number of non-ortho nitro benzene ring substituents is 1. The Labute approximate surface area is 122 Å². The lowest BCUT2D eigenvalue weighted by atomic mass is 10.2. The number of sulfone groups is 1. The fourth-order valence-electron chi connectivity index (χ4n) is 1.57. The van der Waals surface area contributed by atoms with Crippen LogP contribution < -0.4 is 11.1 Å². The van der Waals surface area contributed by atoms with Gasteiger partial charge in [-0.1, -0.05) is 12.1 Å². The Morgan fingerprint density at radius 2 is 2.14 bits per heavy atom. The maximum Gasteiger partial charge on any atom is 0.269 e. The van der Waals surface area contributed by atoms with Crippen molar-refractivity contribution in [3.8, 4) is 0 Å². The first-order valence-corrected chi connectivity index (χ1v) is 8.19. The van der Waals surface area contributed by atoms with Gasteiger partial charge in [-0.15, -0.1) is 0 Å². The van der Waals surface area contributed by atoms with E-state index in [0.717, 1.165) is 6.26 Å². The topological polar surface area (TPSA) is 132 Å². The molecule has 1 rings (SSSR count). The molecule has 0 spiro atoms. The van der Waals surface area contributed by atoms with Crippen molar-refractivity contribution in [2.45, 2.75) is 19.0 Å². The van der Waals surface area contributed by atoms with Crippen molar-refractivity contribution < 1.29 is 18.1 Å². The number of amides is 1. The van der Waals surface area contributed by atoms with Gasteiger partial charge in [0, 0.05) is 24.9 Å². The Kier molecular flexibility index (Phi) is 5.79. The van der Waals surface area contributed by atoms with E-state index in [1.165, 1.54) is 18.2 Å². The Morgan fingerprint density at radius 3 is 2.71 bits per heavy atom. The molecule has 1 unspecified atom stereocenters. The quantitative estimate of drug-likeness (QED) is 0.536. The van der Waals surface area contributed by atoms with Gasteiger partial charge in [0.1, 0.15) is 9.84 Å². The van der Waals surface area contributed by atoms with Crippen molar-refractivity contribution in [1.82, 2.24) is 5.32 Å². The molecular weight excluding hydrogens is 298 g/mol. The highest BCUT2D eigenvalue weighted by atomic mass is 32.2. The average molecular weight is 315 g/mol. The third kappa shape index (κ3) is 6.32. The Morgan fingerprint density at radius 1 is 1.48 bits per heavy atom. The second-order valence-electron chi connectivity index (χ2n) is 4.67. The van der Waals surface area contributed by atoms with Crippen LogP contribution in [0.3, 0.4) is 0 Å². The summed E-state index contributed by atoms with van der Waals surface area (Å²) in [5.41, 5.74) is 6.08. The zero-order valence-corrected chi connectivity index (χ0v) is 12.3. The van der Waals surface area contributed by atoms with E-state index < -0.39 is 26.7 Å². The van der Waals surface area contributed by atoms with Crippen LogP contribution in [-0.4, -0.2) is 37.3 Å². The summed E-state index contributed by atoms with van der Waals surface area (Å²) in [6.07, 6.45) is 1.10. The van der Waals surface area contributed by atoms with Crippen LogP contribution in [0.15, 0.2) is 24.3 Å². The number of nitrogens with two attached hydrogens (primary N) is 1. The van der Waals surface area contributed by atoms with E-state index in [1.807, 2.05) is 0 Å². The highest BCUT2D eigenvalue weighted by Gasteiger charge is 2.16. The van der Waals surface area contributed by atoms with Crippen molar-refractivity contribution in [1.29, 1.82) is 0 Å². The Bertz CT molecular complexity index is 630. The lowest BCUT2D eigenvalue weighted by molar-refractivity contribution is -0.384. The van der Waals surface area contributed by atoms with Gasteiger partial charge in [-0.3, -0.25) is 14.9 Å². The van der Waals surface area contributed by atoms with Gasteiger partial charge in [0.05, 0.1) is 16.7 Å². The molecule has 8 nitrogen and oxygen atoms in total. The molecule has 0 aliphatic carbocycles. The number of hydrogen-bond donors (Lipinski definition) is 2. The van der Waals surface area contributed by atoms with E-state index in [0.29, 0.717) is 5.56 Å². The summed E-state index contributed by atoms with van der Waals surface area (Å²) in [4.78, 5) is 21.8. The van der Waals surface area contributed by atoms with E-state index in [9.17, 15) is 23.3 Å². The largest absolute Gasteiger partial charge is 0.351 e. The molecule has 21 heavy (non-hydrogen) atoms. The number of carbonyl (C=O) groups excluding carboxylic acids is 1. The Balaban J connectivity index is 2.52. The monoisotopic (exact) mass is 315 g/mol. The lowest BCUT2D eigenvalue weighted by Gasteiger charge is -2.11. The Hall–Kier alpha value is -2.00. The standard InChI is InChI=1S/C12H17N3O5S/c1-21(19,20)6-5-11(13)12(16)14-8-9-3-2-4-10(7-9)15(17)18/h2-4,7,11H,5-6,8,13H2,1H3,(H,14,16). The number of nitrogens with zero attached hydrogens (tertiary/aromatic N) is 1. The summed E-state index contributed by atoms with van der Waals surface area (Å²) < 4.78 is 22.0. The van der Waals surface area contributed by atoms with Crippen molar-refractivity contribution in [2.24, 2.45) is 5.73 Å². The summed E-state index contributed by atoms with van der Waals surface area (Å²) in [5.74, 6) is -0.663. The zero-order chi connectivity index (χ0) is 16.0. The molecule has 0 saturated carbocycles. The van der Waals surface area contributed by atoms with Crippen LogP contribution >= 0.6 is 0 Å². The second-order valence-corrected chi connectivity index (χ2v) is 6.93. The number of carbonyl (C=O) groups is 1. The summed E-state index contributed by atoms with van der Waals surface area (Å²) >= 11 is 0. The number of benzene rings is 1. The predicted octanol–water partition coefficient (Wildman–Crippen LogP) is -0.0270. The first-order valence-electron chi connectivity index (χ1n) is 6.13. The molecule has 0 fully saturated rings. The van der Waals surface area contributed by atoms with E-state index in [4.69, 9.17) is 5.73 Å². The number of rotatable bonds is 7. The van der Waals surface area contributed by atoms with Gasteiger partial charge in [0.2, 0.25) is 5.91 Å². The molecule has 1 atom stereocenters. The van der Waals surface area contributed by atoms with Gasteiger partial charge in [0.15, 0.2) is 0 Å². The van der Waals surface area contributed by atoms with E-state index in [-0.39, 0.29) is 24.4 Å². The van der Waals surface area contributed by atoms with Gasteiger partial charge in [-0.25, -0.2) is 8.42 Å². The van der Waals surface area contributed by atoms with Crippen molar-refractivity contribution in [3.63, 3.8) is 0 Å². The highest BCUT2D eigenvalue weighted by molar-refractivity contribution is 7.90. The minimum atomic E-state index is -3.17. The van der Waals surface area contributed by atoms with Gasteiger partial charge in [0.25, 0.3) is 5.69 Å². The molecule has 0 heterocycles.